The summed E-state index contributed by atoms with van der Waals surface area (Å²) in [6.07, 6.45) is 1.71. The van der Waals surface area contributed by atoms with Gasteiger partial charge in [-0.1, -0.05) is 61.4 Å². The molecule has 0 amide bonds. The standard InChI is InChI=1S/C24H30N4O3/c1-3-4-14-28-22(25)21(23(29)26-24(28)30)27(17-19-8-6-5-7-9-19)15-16-31-20-12-10-18(2)11-13-20/h5-13H,3-4,14-17,25H2,1-2H3,(H,26,29,30). The van der Waals surface area contributed by atoms with E-state index < -0.39 is 11.2 Å². The van der Waals surface area contributed by atoms with Crippen molar-refractivity contribution in [2.75, 3.05) is 23.8 Å². The molecular formula is C24H30N4O3. The van der Waals surface area contributed by atoms with Gasteiger partial charge in [-0.25, -0.2) is 4.79 Å². The zero-order valence-corrected chi connectivity index (χ0v) is 18.1. The zero-order chi connectivity index (χ0) is 22.2. The van der Waals surface area contributed by atoms with Crippen molar-refractivity contribution in [3.05, 3.63) is 86.6 Å². The van der Waals surface area contributed by atoms with E-state index in [1.54, 1.807) is 0 Å². The molecule has 31 heavy (non-hydrogen) atoms. The lowest BCUT2D eigenvalue weighted by Crippen LogP contribution is -2.39. The molecule has 3 N–H and O–H groups in total. The average molecular weight is 423 g/mol. The number of anilines is 2. The van der Waals surface area contributed by atoms with Crippen LogP contribution < -0.4 is 26.6 Å². The van der Waals surface area contributed by atoms with Crippen LogP contribution in [0.25, 0.3) is 0 Å². The van der Waals surface area contributed by atoms with Crippen molar-refractivity contribution in [3.8, 4) is 5.75 Å². The maximum atomic E-state index is 12.8. The van der Waals surface area contributed by atoms with Crippen LogP contribution in [0.5, 0.6) is 5.75 Å². The van der Waals surface area contributed by atoms with E-state index in [0.717, 1.165) is 29.7 Å². The highest BCUT2D eigenvalue weighted by Gasteiger charge is 2.19. The smallest absolute Gasteiger partial charge is 0.330 e. The number of aromatic nitrogens is 2. The summed E-state index contributed by atoms with van der Waals surface area (Å²) in [5, 5.41) is 0. The number of hydrogen-bond acceptors (Lipinski definition) is 5. The Labute approximate surface area is 182 Å². The third kappa shape index (κ3) is 5.78. The number of nitrogens with two attached hydrogens (primary N) is 1. The average Bonchev–Trinajstić information content (AvgIpc) is 2.75. The van der Waals surface area contributed by atoms with Crippen LogP contribution in [0, 0.1) is 6.92 Å². The van der Waals surface area contributed by atoms with E-state index in [2.05, 4.69) is 4.98 Å². The highest BCUT2D eigenvalue weighted by molar-refractivity contribution is 5.62. The topological polar surface area (TPSA) is 93.3 Å². The van der Waals surface area contributed by atoms with Crippen LogP contribution in [0.15, 0.2) is 64.2 Å². The van der Waals surface area contributed by atoms with Crippen LogP contribution >= 0.6 is 0 Å². The minimum absolute atomic E-state index is 0.188. The van der Waals surface area contributed by atoms with Crippen LogP contribution in [0.4, 0.5) is 11.5 Å². The molecule has 0 atom stereocenters. The van der Waals surface area contributed by atoms with Gasteiger partial charge in [-0.05, 0) is 31.0 Å². The quantitative estimate of drug-likeness (QED) is 0.523. The van der Waals surface area contributed by atoms with Gasteiger partial charge >= 0.3 is 5.69 Å². The van der Waals surface area contributed by atoms with Gasteiger partial charge in [0, 0.05) is 13.1 Å². The number of benzene rings is 2. The lowest BCUT2D eigenvalue weighted by molar-refractivity contribution is 0.323. The monoisotopic (exact) mass is 422 g/mol. The van der Waals surface area contributed by atoms with Gasteiger partial charge in [0.2, 0.25) is 0 Å². The van der Waals surface area contributed by atoms with Gasteiger partial charge in [0.1, 0.15) is 23.9 Å². The van der Waals surface area contributed by atoms with E-state index in [4.69, 9.17) is 10.5 Å². The van der Waals surface area contributed by atoms with Gasteiger partial charge in [-0.15, -0.1) is 0 Å². The number of rotatable bonds is 10. The van der Waals surface area contributed by atoms with Crippen molar-refractivity contribution in [2.24, 2.45) is 0 Å². The first-order chi connectivity index (χ1) is 15.0. The Balaban J connectivity index is 1.89. The number of nitrogens with one attached hydrogen (secondary N) is 1. The van der Waals surface area contributed by atoms with Crippen LogP contribution in [-0.4, -0.2) is 22.7 Å². The van der Waals surface area contributed by atoms with E-state index >= 15 is 0 Å². The molecule has 7 nitrogen and oxygen atoms in total. The van der Waals surface area contributed by atoms with E-state index in [-0.39, 0.29) is 5.82 Å². The van der Waals surface area contributed by atoms with Crippen LogP contribution in [0.2, 0.25) is 0 Å². The Kier molecular flexibility index (Phi) is 7.54. The minimum Gasteiger partial charge on any atom is -0.492 e. The Morgan fingerprint density at radius 1 is 1.06 bits per heavy atom. The fourth-order valence-corrected chi connectivity index (χ4v) is 3.40. The maximum Gasteiger partial charge on any atom is 0.330 e. The number of nitrogen functional groups attached to an aromatic ring is 1. The molecule has 164 valence electrons. The largest absolute Gasteiger partial charge is 0.492 e. The summed E-state index contributed by atoms with van der Waals surface area (Å²) in [4.78, 5) is 29.4. The fourth-order valence-electron chi connectivity index (χ4n) is 3.40. The summed E-state index contributed by atoms with van der Waals surface area (Å²) < 4.78 is 7.33. The molecule has 7 heteroatoms. The van der Waals surface area contributed by atoms with Gasteiger partial charge in [-0.2, -0.15) is 0 Å². The third-order valence-corrected chi connectivity index (χ3v) is 5.13. The van der Waals surface area contributed by atoms with Crippen molar-refractivity contribution < 1.29 is 4.74 Å². The first-order valence-corrected chi connectivity index (χ1v) is 10.6. The molecule has 0 radical (unpaired) electrons. The molecule has 0 saturated carbocycles. The predicted octanol–water partition coefficient (Wildman–Crippen LogP) is 3.31. The molecule has 1 heterocycles. The van der Waals surface area contributed by atoms with Crippen LogP contribution in [0.1, 0.15) is 30.9 Å². The molecule has 2 aromatic carbocycles. The number of aryl methyl sites for hydroxylation is 1. The predicted molar refractivity (Wildman–Crippen MR) is 125 cm³/mol. The summed E-state index contributed by atoms with van der Waals surface area (Å²) in [5.41, 5.74) is 7.87. The second kappa shape index (κ2) is 10.5. The van der Waals surface area contributed by atoms with Crippen molar-refractivity contribution in [1.82, 2.24) is 9.55 Å². The molecule has 3 aromatic rings. The Morgan fingerprint density at radius 3 is 2.45 bits per heavy atom. The summed E-state index contributed by atoms with van der Waals surface area (Å²) in [7, 11) is 0. The number of ether oxygens (including phenoxy) is 1. The van der Waals surface area contributed by atoms with Crippen molar-refractivity contribution >= 4 is 11.5 Å². The van der Waals surface area contributed by atoms with Crippen LogP contribution in [0.3, 0.4) is 0 Å². The van der Waals surface area contributed by atoms with Crippen molar-refractivity contribution in [2.45, 2.75) is 39.8 Å². The Morgan fingerprint density at radius 2 is 1.77 bits per heavy atom. The molecule has 0 aliphatic rings. The van der Waals surface area contributed by atoms with Crippen LogP contribution in [-0.2, 0) is 13.1 Å². The van der Waals surface area contributed by atoms with Crippen molar-refractivity contribution in [3.63, 3.8) is 0 Å². The normalized spacial score (nSPS) is 10.8. The third-order valence-electron chi connectivity index (χ3n) is 5.13. The number of H-pyrrole nitrogens is 1. The number of unbranched alkanes of at least 4 members (excludes halogenated alkanes) is 1. The molecule has 0 aliphatic carbocycles. The van der Waals surface area contributed by atoms with Gasteiger partial charge < -0.3 is 15.4 Å². The molecule has 0 unspecified atom stereocenters. The lowest BCUT2D eigenvalue weighted by atomic mass is 10.2. The van der Waals surface area contributed by atoms with Gasteiger partial charge in [-0.3, -0.25) is 14.3 Å². The fraction of sp³-hybridized carbons (Fsp3) is 0.333. The number of aromatic amines is 1. The molecule has 0 aliphatic heterocycles. The SMILES string of the molecule is CCCCn1c(N)c(N(CCOc2ccc(C)cc2)Cc2ccccc2)c(=O)[nH]c1=O. The molecular weight excluding hydrogens is 392 g/mol. The highest BCUT2D eigenvalue weighted by Crippen LogP contribution is 2.20. The van der Waals surface area contributed by atoms with Gasteiger partial charge in [0.25, 0.3) is 5.56 Å². The number of hydrogen-bond donors (Lipinski definition) is 2. The van der Waals surface area contributed by atoms with E-state index in [9.17, 15) is 9.59 Å². The maximum absolute atomic E-state index is 12.8. The second-order valence-electron chi connectivity index (χ2n) is 7.57. The van der Waals surface area contributed by atoms with E-state index in [1.165, 1.54) is 4.57 Å². The molecule has 0 fully saturated rings. The lowest BCUT2D eigenvalue weighted by Gasteiger charge is -2.26. The van der Waals surface area contributed by atoms with Gasteiger partial charge in [0.05, 0.1) is 6.54 Å². The van der Waals surface area contributed by atoms with Gasteiger partial charge in [0.15, 0.2) is 0 Å². The summed E-state index contributed by atoms with van der Waals surface area (Å²) >= 11 is 0. The highest BCUT2D eigenvalue weighted by atomic mass is 16.5. The molecule has 0 bridgehead atoms. The molecule has 3 rings (SSSR count). The minimum atomic E-state index is -0.485. The Bertz CT molecular complexity index is 1090. The summed E-state index contributed by atoms with van der Waals surface area (Å²) in [6.45, 7) is 5.79. The molecule has 0 saturated heterocycles. The summed E-state index contributed by atoms with van der Waals surface area (Å²) in [6, 6.07) is 17.6. The first kappa shape index (κ1) is 22.2. The zero-order valence-electron chi connectivity index (χ0n) is 18.1. The second-order valence-corrected chi connectivity index (χ2v) is 7.57. The Hall–Kier alpha value is -3.48. The number of nitrogens with zero attached hydrogens (tertiary/aromatic N) is 2. The molecule has 0 spiro atoms. The summed E-state index contributed by atoms with van der Waals surface area (Å²) in [5.74, 6) is 0.952. The van der Waals surface area contributed by atoms with Crippen molar-refractivity contribution in [1.29, 1.82) is 0 Å². The van der Waals surface area contributed by atoms with E-state index in [1.807, 2.05) is 73.3 Å². The first-order valence-electron chi connectivity index (χ1n) is 10.6. The van der Waals surface area contributed by atoms with E-state index in [0.29, 0.717) is 31.9 Å². The molecule has 1 aromatic heterocycles.